The minimum absolute atomic E-state index is 0.169. The van der Waals surface area contributed by atoms with E-state index in [1.807, 2.05) is 0 Å². The van der Waals surface area contributed by atoms with E-state index in [-0.39, 0.29) is 43.0 Å². The van der Waals surface area contributed by atoms with Gasteiger partial charge in [0.05, 0.1) is 42.7 Å². The lowest BCUT2D eigenvalue weighted by molar-refractivity contribution is -0.218. The topological polar surface area (TPSA) is 96.0 Å². The van der Waals surface area contributed by atoms with Gasteiger partial charge < -0.3 is 38.2 Å². The van der Waals surface area contributed by atoms with Crippen LogP contribution in [0.2, 0.25) is 0 Å². The highest BCUT2D eigenvalue weighted by Crippen LogP contribution is 2.42. The predicted molar refractivity (Wildman–Crippen MR) is 159 cm³/mol. The SMILES string of the molecule is COC1CC2CC(OCCCC(OC(=O)C3CCC(OC)C(C(F)(F)F)C3)CCN3CCCN(CCCOC2=O)CC3)C1OC. The zero-order chi connectivity index (χ0) is 32.4. The monoisotopic (exact) mass is 650 g/mol. The summed E-state index contributed by atoms with van der Waals surface area (Å²) in [5.41, 5.74) is 0. The summed E-state index contributed by atoms with van der Waals surface area (Å²) in [6.45, 7) is 5.95. The van der Waals surface area contributed by atoms with Gasteiger partial charge in [-0.2, -0.15) is 13.2 Å². The largest absolute Gasteiger partial charge is 0.465 e. The summed E-state index contributed by atoms with van der Waals surface area (Å²) in [5, 5.41) is 0. The minimum atomic E-state index is -4.44. The normalized spacial score (nSPS) is 38.2. The van der Waals surface area contributed by atoms with Crippen LogP contribution in [0.25, 0.3) is 0 Å². The maximum Gasteiger partial charge on any atom is 0.394 e. The van der Waals surface area contributed by atoms with E-state index < -0.39 is 36.2 Å². The van der Waals surface area contributed by atoms with Gasteiger partial charge in [-0.1, -0.05) is 0 Å². The number of carbonyl (C=O) groups is 2. The van der Waals surface area contributed by atoms with E-state index in [2.05, 4.69) is 9.80 Å². The van der Waals surface area contributed by atoms with Crippen molar-refractivity contribution in [3.63, 3.8) is 0 Å². The van der Waals surface area contributed by atoms with Gasteiger partial charge in [0.25, 0.3) is 0 Å². The Hall–Kier alpha value is -1.51. The van der Waals surface area contributed by atoms with Crippen LogP contribution in [-0.2, 0) is 38.0 Å². The Morgan fingerprint density at radius 1 is 0.778 bits per heavy atom. The summed E-state index contributed by atoms with van der Waals surface area (Å²) >= 11 is 0. The third-order valence-electron chi connectivity index (χ3n) is 10.1. The van der Waals surface area contributed by atoms with Crippen LogP contribution < -0.4 is 0 Å². The van der Waals surface area contributed by atoms with E-state index in [0.29, 0.717) is 51.7 Å². The average molecular weight is 651 g/mol. The molecule has 0 aromatic heterocycles. The van der Waals surface area contributed by atoms with Crippen molar-refractivity contribution < 1.29 is 51.2 Å². The van der Waals surface area contributed by atoms with Gasteiger partial charge in [-0.05, 0) is 77.3 Å². The molecule has 13 heteroatoms. The van der Waals surface area contributed by atoms with E-state index in [1.165, 1.54) is 7.11 Å². The van der Waals surface area contributed by atoms with Crippen molar-refractivity contribution in [2.24, 2.45) is 17.8 Å². The molecule has 4 rings (SSSR count). The molecule has 4 fully saturated rings. The summed E-state index contributed by atoms with van der Waals surface area (Å²) in [6.07, 6.45) is -2.28. The molecule has 4 aliphatic rings. The third kappa shape index (κ3) is 10.5. The quantitative estimate of drug-likeness (QED) is 0.409. The van der Waals surface area contributed by atoms with Crippen LogP contribution >= 0.6 is 0 Å². The molecule has 10 atom stereocenters. The van der Waals surface area contributed by atoms with Crippen LogP contribution in [0.4, 0.5) is 13.2 Å². The number of alkyl halides is 3. The Morgan fingerprint density at radius 2 is 1.49 bits per heavy atom. The van der Waals surface area contributed by atoms with Crippen molar-refractivity contribution in [3.8, 4) is 0 Å². The molecule has 0 N–H and O–H groups in total. The van der Waals surface area contributed by atoms with Crippen molar-refractivity contribution in [1.82, 2.24) is 9.80 Å². The summed E-state index contributed by atoms with van der Waals surface area (Å²) in [6, 6.07) is 0. The zero-order valence-corrected chi connectivity index (χ0v) is 27.1. The lowest BCUT2D eigenvalue weighted by Gasteiger charge is -2.39. The molecular weight excluding hydrogens is 597 g/mol. The molecule has 2 saturated carbocycles. The van der Waals surface area contributed by atoms with Gasteiger partial charge in [0.2, 0.25) is 0 Å². The summed E-state index contributed by atoms with van der Waals surface area (Å²) < 4.78 is 75.7. The number of cyclic esters (lactones) is 1. The van der Waals surface area contributed by atoms with Crippen LogP contribution in [0.3, 0.4) is 0 Å². The molecule has 10 nitrogen and oxygen atoms in total. The Labute approximate surface area is 265 Å². The summed E-state index contributed by atoms with van der Waals surface area (Å²) in [4.78, 5) is 31.0. The molecule has 0 amide bonds. The Kier molecular flexibility index (Phi) is 14.2. The van der Waals surface area contributed by atoms with Gasteiger partial charge in [-0.15, -0.1) is 0 Å². The molecule has 2 aliphatic heterocycles. The summed E-state index contributed by atoms with van der Waals surface area (Å²) in [5.74, 6) is -3.64. The first kappa shape index (κ1) is 36.3. The van der Waals surface area contributed by atoms with Crippen LogP contribution in [0.5, 0.6) is 0 Å². The van der Waals surface area contributed by atoms with Gasteiger partial charge in [0, 0.05) is 54.1 Å². The first-order valence-electron chi connectivity index (χ1n) is 16.7. The predicted octanol–water partition coefficient (Wildman–Crippen LogP) is 3.84. The Balaban J connectivity index is 1.43. The molecule has 0 spiro atoms. The molecular formula is C32H53F3N2O8. The van der Waals surface area contributed by atoms with E-state index in [9.17, 15) is 22.8 Å². The molecule has 0 aromatic carbocycles. The number of nitrogens with zero attached hydrogens (tertiary/aromatic N) is 2. The maximum atomic E-state index is 13.7. The van der Waals surface area contributed by atoms with E-state index in [1.54, 1.807) is 14.2 Å². The molecule has 0 radical (unpaired) electrons. The molecule has 2 saturated heterocycles. The van der Waals surface area contributed by atoms with Crippen molar-refractivity contribution in [3.05, 3.63) is 0 Å². The molecule has 10 unspecified atom stereocenters. The van der Waals surface area contributed by atoms with Gasteiger partial charge in [0.15, 0.2) is 0 Å². The number of methoxy groups -OCH3 is 3. The van der Waals surface area contributed by atoms with Crippen LogP contribution in [-0.4, -0.2) is 132 Å². The van der Waals surface area contributed by atoms with Crippen LogP contribution in [0.15, 0.2) is 0 Å². The number of hydrogen-bond acceptors (Lipinski definition) is 10. The minimum Gasteiger partial charge on any atom is -0.465 e. The highest BCUT2D eigenvalue weighted by molar-refractivity contribution is 5.73. The molecule has 2 aliphatic carbocycles. The number of ether oxygens (including phenoxy) is 6. The van der Waals surface area contributed by atoms with E-state index in [0.717, 1.165) is 52.1 Å². The van der Waals surface area contributed by atoms with Gasteiger partial charge >= 0.3 is 18.1 Å². The fourth-order valence-corrected chi connectivity index (χ4v) is 7.48. The number of esters is 2. The highest BCUT2D eigenvalue weighted by Gasteiger charge is 2.50. The van der Waals surface area contributed by atoms with Gasteiger partial charge in [-0.3, -0.25) is 9.59 Å². The fraction of sp³-hybridized carbons (Fsp3) is 0.938. The second-order valence-electron chi connectivity index (χ2n) is 13.0. The van der Waals surface area contributed by atoms with Gasteiger partial charge in [-0.25, -0.2) is 0 Å². The van der Waals surface area contributed by atoms with Gasteiger partial charge in [0.1, 0.15) is 12.2 Å². The van der Waals surface area contributed by atoms with Crippen molar-refractivity contribution in [2.45, 2.75) is 101 Å². The lowest BCUT2D eigenvalue weighted by Crippen LogP contribution is -2.49. The number of halogens is 3. The zero-order valence-electron chi connectivity index (χ0n) is 27.1. The lowest BCUT2D eigenvalue weighted by atomic mass is 9.79. The molecule has 4 bridgehead atoms. The Bertz CT molecular complexity index is 927. The van der Waals surface area contributed by atoms with Crippen molar-refractivity contribution >= 4 is 11.9 Å². The van der Waals surface area contributed by atoms with Crippen LogP contribution in [0.1, 0.15) is 64.2 Å². The van der Waals surface area contributed by atoms with E-state index in [4.69, 9.17) is 28.4 Å². The number of hydrogen-bond donors (Lipinski definition) is 0. The fourth-order valence-electron chi connectivity index (χ4n) is 7.48. The average Bonchev–Trinajstić information content (AvgIpc) is 3.26. The first-order valence-corrected chi connectivity index (χ1v) is 16.7. The first-order chi connectivity index (χ1) is 21.6. The standard InChI is InChI=1S/C32H53F3N2O8/c1-40-26-9-8-22(19-25(26)32(33,34)35)31(39)45-24-7-4-17-43-28-21-23(20-27(41-2)29(28)42-3)30(38)44-18-6-13-36-11-5-12-37(14-10-24)16-15-36/h22-29H,4-21H2,1-3H3. The van der Waals surface area contributed by atoms with Crippen LogP contribution in [0, 0.1) is 17.8 Å². The van der Waals surface area contributed by atoms with E-state index >= 15 is 0 Å². The smallest absolute Gasteiger partial charge is 0.394 e. The van der Waals surface area contributed by atoms with Crippen molar-refractivity contribution in [2.75, 3.05) is 73.8 Å². The molecule has 2 heterocycles. The highest BCUT2D eigenvalue weighted by atomic mass is 19.4. The number of carbonyl (C=O) groups excluding carboxylic acids is 2. The maximum absolute atomic E-state index is 13.7. The third-order valence-corrected chi connectivity index (χ3v) is 10.1. The number of fused-ring (bicyclic) bond motifs is 5. The molecule has 260 valence electrons. The number of rotatable bonds is 5. The molecule has 45 heavy (non-hydrogen) atoms. The summed E-state index contributed by atoms with van der Waals surface area (Å²) in [7, 11) is 4.50. The second kappa shape index (κ2) is 17.6. The Morgan fingerprint density at radius 3 is 2.18 bits per heavy atom. The molecule has 0 aromatic rings. The second-order valence-corrected chi connectivity index (χ2v) is 13.0. The van der Waals surface area contributed by atoms with Crippen molar-refractivity contribution in [1.29, 1.82) is 0 Å².